The summed E-state index contributed by atoms with van der Waals surface area (Å²) < 4.78 is 5.06. The zero-order valence-electron chi connectivity index (χ0n) is 14.2. The fourth-order valence-electron chi connectivity index (χ4n) is 2.95. The molecule has 0 saturated heterocycles. The molecular weight excluding hydrogens is 346 g/mol. The number of benzene rings is 1. The molecule has 0 unspecified atom stereocenters. The van der Waals surface area contributed by atoms with E-state index in [1.54, 1.807) is 49.2 Å². The van der Waals surface area contributed by atoms with E-state index in [0.717, 1.165) is 21.6 Å². The number of carbonyl (C=O) groups is 3. The molecule has 1 aliphatic heterocycles. The van der Waals surface area contributed by atoms with Gasteiger partial charge in [-0.1, -0.05) is 12.1 Å². The smallest absolute Gasteiger partial charge is 0.262 e. The third kappa shape index (κ3) is 3.22. The largest absolute Gasteiger partial charge is 0.472 e. The molecule has 3 amide bonds. The first-order valence-electron chi connectivity index (χ1n) is 8.32. The van der Waals surface area contributed by atoms with Crippen molar-refractivity contribution in [3.05, 3.63) is 78.0 Å². The van der Waals surface area contributed by atoms with Gasteiger partial charge in [0.05, 0.1) is 23.7 Å². The fraction of sp³-hybridized carbons (Fsp3) is 0.100. The van der Waals surface area contributed by atoms with Crippen molar-refractivity contribution >= 4 is 17.7 Å². The maximum absolute atomic E-state index is 12.3. The number of rotatable bonds is 5. The van der Waals surface area contributed by atoms with Crippen LogP contribution in [0.4, 0.5) is 0 Å². The number of nitrogens with one attached hydrogen (secondary N) is 1. The molecular formula is C20H15N3O4. The lowest BCUT2D eigenvalue weighted by Crippen LogP contribution is -2.40. The fourth-order valence-corrected chi connectivity index (χ4v) is 2.95. The Morgan fingerprint density at radius 3 is 2.44 bits per heavy atom. The van der Waals surface area contributed by atoms with Crippen LogP contribution in [0.2, 0.25) is 0 Å². The molecule has 4 rings (SSSR count). The number of pyridine rings is 1. The lowest BCUT2D eigenvalue weighted by atomic mass is 10.1. The summed E-state index contributed by atoms with van der Waals surface area (Å²) in [6, 6.07) is 10.3. The van der Waals surface area contributed by atoms with Crippen LogP contribution in [0.3, 0.4) is 0 Å². The van der Waals surface area contributed by atoms with E-state index in [1.807, 2.05) is 12.1 Å². The van der Waals surface area contributed by atoms with Crippen molar-refractivity contribution < 1.29 is 18.8 Å². The van der Waals surface area contributed by atoms with Gasteiger partial charge >= 0.3 is 0 Å². The normalized spacial score (nSPS) is 13.0. The summed E-state index contributed by atoms with van der Waals surface area (Å²) in [5, 5.41) is 2.72. The van der Waals surface area contributed by atoms with Crippen LogP contribution < -0.4 is 5.32 Å². The van der Waals surface area contributed by atoms with Gasteiger partial charge in [0.15, 0.2) is 0 Å². The maximum atomic E-state index is 12.3. The molecule has 7 heteroatoms. The molecule has 134 valence electrons. The molecule has 0 fully saturated rings. The average Bonchev–Trinajstić information content (AvgIpc) is 3.31. The number of hydrogen-bond acceptors (Lipinski definition) is 5. The van der Waals surface area contributed by atoms with Crippen LogP contribution in [0, 0.1) is 0 Å². The minimum atomic E-state index is -0.450. The second kappa shape index (κ2) is 6.87. The number of carbonyl (C=O) groups excluding carboxylic acids is 3. The van der Waals surface area contributed by atoms with Gasteiger partial charge in [-0.3, -0.25) is 24.3 Å². The van der Waals surface area contributed by atoms with Gasteiger partial charge in [0.2, 0.25) is 5.91 Å². The highest BCUT2D eigenvalue weighted by atomic mass is 16.3. The van der Waals surface area contributed by atoms with Crippen LogP contribution in [0.5, 0.6) is 0 Å². The van der Waals surface area contributed by atoms with Crippen molar-refractivity contribution in [2.45, 2.75) is 6.54 Å². The molecule has 1 N–H and O–H groups in total. The van der Waals surface area contributed by atoms with E-state index in [9.17, 15) is 14.4 Å². The highest BCUT2D eigenvalue weighted by Crippen LogP contribution is 2.22. The average molecular weight is 361 g/mol. The van der Waals surface area contributed by atoms with E-state index in [4.69, 9.17) is 4.42 Å². The monoisotopic (exact) mass is 361 g/mol. The molecule has 3 heterocycles. The third-order valence-electron chi connectivity index (χ3n) is 4.32. The van der Waals surface area contributed by atoms with Crippen LogP contribution in [0.25, 0.3) is 11.1 Å². The Morgan fingerprint density at radius 2 is 1.78 bits per heavy atom. The number of fused-ring (bicyclic) bond motifs is 1. The van der Waals surface area contributed by atoms with E-state index >= 15 is 0 Å². The van der Waals surface area contributed by atoms with E-state index in [-0.39, 0.29) is 13.1 Å². The Bertz CT molecular complexity index is 992. The van der Waals surface area contributed by atoms with Crippen LogP contribution in [-0.4, -0.2) is 34.2 Å². The standard InChI is InChI=1S/C20H15N3O4/c24-18(11-23-19(25)16-3-1-2-4-17(16)20(23)26)22-9-13-7-15(10-21-8-13)14-5-6-27-12-14/h1-8,10,12H,9,11H2,(H,22,24). The Hall–Kier alpha value is -3.74. The van der Waals surface area contributed by atoms with Gasteiger partial charge < -0.3 is 9.73 Å². The zero-order valence-corrected chi connectivity index (χ0v) is 14.2. The van der Waals surface area contributed by atoms with Crippen LogP contribution in [0.15, 0.2) is 65.7 Å². The molecule has 0 radical (unpaired) electrons. The summed E-state index contributed by atoms with van der Waals surface area (Å²) in [5.41, 5.74) is 3.21. The van der Waals surface area contributed by atoms with Gasteiger partial charge in [0.25, 0.3) is 11.8 Å². The Labute approximate surface area is 154 Å². The Morgan fingerprint density at radius 1 is 1.04 bits per heavy atom. The van der Waals surface area contributed by atoms with Gasteiger partial charge in [-0.2, -0.15) is 0 Å². The van der Waals surface area contributed by atoms with E-state index in [0.29, 0.717) is 11.1 Å². The van der Waals surface area contributed by atoms with Crippen molar-refractivity contribution in [3.8, 4) is 11.1 Å². The van der Waals surface area contributed by atoms with Crippen molar-refractivity contribution in [2.75, 3.05) is 6.54 Å². The SMILES string of the molecule is O=C(CN1C(=O)c2ccccc2C1=O)NCc1cncc(-c2ccoc2)c1. The van der Waals surface area contributed by atoms with Gasteiger partial charge in [0.1, 0.15) is 6.54 Å². The second-order valence-corrected chi connectivity index (χ2v) is 6.11. The van der Waals surface area contributed by atoms with Crippen molar-refractivity contribution in [2.24, 2.45) is 0 Å². The number of nitrogens with zero attached hydrogens (tertiary/aromatic N) is 2. The lowest BCUT2D eigenvalue weighted by molar-refractivity contribution is -0.121. The Balaban J connectivity index is 1.39. The lowest BCUT2D eigenvalue weighted by Gasteiger charge is -2.13. The predicted octanol–water partition coefficient (Wildman–Crippen LogP) is 2.25. The molecule has 3 aromatic rings. The summed E-state index contributed by atoms with van der Waals surface area (Å²) in [7, 11) is 0. The van der Waals surface area contributed by atoms with Crippen molar-refractivity contribution in [1.82, 2.24) is 15.2 Å². The van der Waals surface area contributed by atoms with Crippen molar-refractivity contribution in [3.63, 3.8) is 0 Å². The molecule has 0 bridgehead atoms. The zero-order chi connectivity index (χ0) is 18.8. The molecule has 1 aliphatic rings. The quantitative estimate of drug-likeness (QED) is 0.704. The minimum Gasteiger partial charge on any atom is -0.472 e. The number of amides is 3. The topological polar surface area (TPSA) is 92.5 Å². The molecule has 7 nitrogen and oxygen atoms in total. The number of furan rings is 1. The van der Waals surface area contributed by atoms with Gasteiger partial charge in [-0.05, 0) is 29.8 Å². The first kappa shape index (κ1) is 16.7. The van der Waals surface area contributed by atoms with Crippen molar-refractivity contribution in [1.29, 1.82) is 0 Å². The summed E-state index contributed by atoms with van der Waals surface area (Å²) in [4.78, 5) is 42.0. The second-order valence-electron chi connectivity index (χ2n) is 6.11. The van der Waals surface area contributed by atoms with Crippen LogP contribution in [-0.2, 0) is 11.3 Å². The first-order valence-corrected chi connectivity index (χ1v) is 8.32. The number of hydrogen-bond donors (Lipinski definition) is 1. The van der Waals surface area contributed by atoms with Gasteiger partial charge in [-0.15, -0.1) is 0 Å². The number of imide groups is 1. The first-order chi connectivity index (χ1) is 13.1. The molecule has 0 aliphatic carbocycles. The molecule has 2 aromatic heterocycles. The Kier molecular flexibility index (Phi) is 4.25. The van der Waals surface area contributed by atoms with Gasteiger partial charge in [0, 0.05) is 30.1 Å². The summed E-state index contributed by atoms with van der Waals surface area (Å²) >= 11 is 0. The maximum Gasteiger partial charge on any atom is 0.262 e. The predicted molar refractivity (Wildman–Crippen MR) is 95.6 cm³/mol. The molecule has 0 spiro atoms. The van der Waals surface area contributed by atoms with E-state index in [1.165, 1.54) is 0 Å². The highest BCUT2D eigenvalue weighted by Gasteiger charge is 2.36. The van der Waals surface area contributed by atoms with E-state index in [2.05, 4.69) is 10.3 Å². The minimum absolute atomic E-state index is 0.237. The summed E-state index contributed by atoms with van der Waals surface area (Å²) in [5.74, 6) is -1.32. The molecule has 0 saturated carbocycles. The van der Waals surface area contributed by atoms with E-state index < -0.39 is 17.7 Å². The third-order valence-corrected chi connectivity index (χ3v) is 4.32. The van der Waals surface area contributed by atoms with Gasteiger partial charge in [-0.25, -0.2) is 0 Å². The van der Waals surface area contributed by atoms with Crippen LogP contribution >= 0.6 is 0 Å². The number of aromatic nitrogens is 1. The summed E-state index contributed by atoms with van der Waals surface area (Å²) in [6.07, 6.45) is 6.54. The highest BCUT2D eigenvalue weighted by molar-refractivity contribution is 6.22. The molecule has 1 aromatic carbocycles. The van der Waals surface area contributed by atoms with Crippen LogP contribution in [0.1, 0.15) is 26.3 Å². The summed E-state index contributed by atoms with van der Waals surface area (Å²) in [6.45, 7) is -0.0815. The molecule has 0 atom stereocenters. The molecule has 27 heavy (non-hydrogen) atoms.